The molecule has 0 spiro atoms. The highest BCUT2D eigenvalue weighted by Gasteiger charge is 2.66. The third kappa shape index (κ3) is 17.8. The van der Waals surface area contributed by atoms with Crippen LogP contribution in [0.5, 0.6) is 0 Å². The Hall–Kier alpha value is -7.24. The number of aliphatic hydroxyl groups excluding tert-OH is 2. The number of β-amino-alcohol motifs (C(OH)–C–C–N with tert-alkyl or cyclic N) is 1. The van der Waals surface area contributed by atoms with Crippen LogP contribution in [0.2, 0.25) is 0 Å². The Labute approximate surface area is 613 Å². The number of hydrogen-bond acceptors (Lipinski definition) is 16. The minimum Gasteiger partial charge on any atom is -0.493 e. The van der Waals surface area contributed by atoms with E-state index in [9.17, 15) is 30.0 Å². The first-order valence-corrected chi connectivity index (χ1v) is 39.2. The molecule has 20 nitrogen and oxygen atoms in total. The van der Waals surface area contributed by atoms with E-state index in [-0.39, 0.29) is 64.5 Å². The third-order valence-electron chi connectivity index (χ3n) is 22.5. The predicted octanol–water partition coefficient (Wildman–Crippen LogP) is 14.5. The molecule has 6 fully saturated rings. The maximum Gasteiger partial charge on any atom is 0.246 e. The van der Waals surface area contributed by atoms with E-state index in [4.69, 9.17) is 20.6 Å². The van der Waals surface area contributed by atoms with Crippen molar-refractivity contribution in [2.24, 2.45) is 32.4 Å². The van der Waals surface area contributed by atoms with Gasteiger partial charge >= 0.3 is 0 Å². The smallest absolute Gasteiger partial charge is 0.246 e. The zero-order chi connectivity index (χ0) is 72.9. The monoisotopic (exact) mass is 1430 g/mol. The molecular formula is C80H114N14O6S2. The molecule has 6 atom stereocenters. The van der Waals surface area contributed by atoms with Crippen LogP contribution in [0, 0.1) is 40.9 Å². The summed E-state index contributed by atoms with van der Waals surface area (Å²) in [6, 6.07) is 14.0. The molecule has 3 aromatic heterocycles. The van der Waals surface area contributed by atoms with E-state index < -0.39 is 23.6 Å². The van der Waals surface area contributed by atoms with Gasteiger partial charge in [0.25, 0.3) is 0 Å². The van der Waals surface area contributed by atoms with Gasteiger partial charge in [-0.1, -0.05) is 140 Å². The molecule has 4 bridgehead atoms. The van der Waals surface area contributed by atoms with E-state index in [0.29, 0.717) is 47.7 Å². The van der Waals surface area contributed by atoms with Crippen molar-refractivity contribution in [2.75, 3.05) is 53.9 Å². The molecule has 0 radical (unpaired) electrons. The fraction of sp³-hybridized carbons (Fsp3) is 0.600. The fourth-order valence-electron chi connectivity index (χ4n) is 18.3. The van der Waals surface area contributed by atoms with Gasteiger partial charge < -0.3 is 56.2 Å². The number of amides is 3. The molecule has 4 saturated carbocycles. The van der Waals surface area contributed by atoms with Crippen LogP contribution in [-0.4, -0.2) is 157 Å². The Morgan fingerprint density at radius 3 is 2.23 bits per heavy atom. The van der Waals surface area contributed by atoms with Gasteiger partial charge in [-0.25, -0.2) is 15.0 Å². The quantitative estimate of drug-likeness (QED) is 0.00943. The average Bonchev–Trinajstić information content (AvgIpc) is 0.718. The zero-order valence-electron chi connectivity index (χ0n) is 62.8. The SMILES string of the molecule is CC(/C(N)=N/c1nc2ccccc2s1)=C1\CCCN(C2=CC=C(c3cnn(CC45CC6(C)CC(C)(C4)CC(OCCN(C)CCCCCCCCCCCCCC(=O)N[C@H](C(=O)N4C[C@H](O)C[C@H]4C(=O)N[C@@H](C)c4ccc(-c7scnc7C)cc4)C(C)(C)C)(C6)C5)c3C)/C(=C(\O)N(C)C)N2)C1=N. The van der Waals surface area contributed by atoms with Crippen molar-refractivity contribution < 1.29 is 29.3 Å². The van der Waals surface area contributed by atoms with E-state index in [1.807, 2.05) is 127 Å². The molecule has 2 aromatic carbocycles. The number of aliphatic hydroxyl groups is 2. The third-order valence-corrected chi connectivity index (χ3v) is 24.4. The lowest BCUT2D eigenvalue weighted by Crippen LogP contribution is -2.64. The number of nitrogens with two attached hydrogens (primary N) is 1. The number of allylic oxidation sites excluding steroid dienone is 3. The summed E-state index contributed by atoms with van der Waals surface area (Å²) in [5.74, 6) is 0.683. The Bertz CT molecular complexity index is 3950. The summed E-state index contributed by atoms with van der Waals surface area (Å²) in [6.07, 6.45) is 26.6. The number of likely N-dealkylation sites (tertiary alicyclic amines) is 2. The summed E-state index contributed by atoms with van der Waals surface area (Å²) in [5.41, 5.74) is 17.0. The van der Waals surface area contributed by atoms with Gasteiger partial charge in [-0.15, -0.1) is 11.3 Å². The van der Waals surface area contributed by atoms with E-state index in [1.54, 1.807) is 16.2 Å². The minimum atomic E-state index is -0.843. The lowest BCUT2D eigenvalue weighted by Gasteiger charge is -2.69. The molecule has 3 aliphatic heterocycles. The van der Waals surface area contributed by atoms with Crippen LogP contribution in [0.4, 0.5) is 5.13 Å². The summed E-state index contributed by atoms with van der Waals surface area (Å²) >= 11 is 3.09. The first-order chi connectivity index (χ1) is 48.5. The molecule has 4 aliphatic carbocycles. The van der Waals surface area contributed by atoms with Crippen molar-refractivity contribution in [1.29, 1.82) is 5.41 Å². The molecule has 22 heteroatoms. The van der Waals surface area contributed by atoms with Crippen LogP contribution in [0.25, 0.3) is 26.2 Å². The number of aryl methyl sites for hydroxylation is 1. The van der Waals surface area contributed by atoms with Crippen molar-refractivity contribution >= 4 is 73.0 Å². The van der Waals surface area contributed by atoms with Gasteiger partial charge in [0.15, 0.2) is 0 Å². The molecule has 3 amide bonds. The number of para-hydroxylation sites is 1. The summed E-state index contributed by atoms with van der Waals surface area (Å²) in [6.45, 7) is 23.0. The molecule has 7 aliphatic rings. The van der Waals surface area contributed by atoms with Gasteiger partial charge in [-0.3, -0.25) is 24.5 Å². The van der Waals surface area contributed by atoms with Crippen molar-refractivity contribution in [3.63, 3.8) is 0 Å². The van der Waals surface area contributed by atoms with Gasteiger partial charge in [-0.05, 0) is 168 Å². The number of carbonyl (C=O) groups excluding carboxylic acids is 3. The van der Waals surface area contributed by atoms with Crippen LogP contribution in [0.15, 0.2) is 106 Å². The second-order valence-corrected chi connectivity index (χ2v) is 34.7. The van der Waals surface area contributed by atoms with E-state index in [0.717, 1.165) is 150 Å². The molecule has 102 heavy (non-hydrogen) atoms. The van der Waals surface area contributed by atoms with Crippen molar-refractivity contribution in [3.05, 3.63) is 123 Å². The Morgan fingerprint density at radius 2 is 1.57 bits per heavy atom. The van der Waals surface area contributed by atoms with Crippen LogP contribution in [0.1, 0.15) is 212 Å². The number of fused-ring (bicyclic) bond motifs is 1. The number of nitrogens with zero attached hydrogens (tertiary/aromatic N) is 9. The number of dihydropyridines is 1. The highest BCUT2D eigenvalue weighted by atomic mass is 32.1. The molecule has 8 N–H and O–H groups in total. The first-order valence-electron chi connectivity index (χ1n) is 37.5. The maximum atomic E-state index is 14.2. The largest absolute Gasteiger partial charge is 0.493 e. The molecule has 12 rings (SSSR count). The van der Waals surface area contributed by atoms with Crippen LogP contribution in [0.3, 0.4) is 0 Å². The molecule has 552 valence electrons. The number of amidine groups is 2. The van der Waals surface area contributed by atoms with E-state index in [2.05, 4.69) is 69.4 Å². The average molecular weight is 1430 g/mol. The number of aliphatic imine (C=N–C) groups is 1. The molecule has 6 heterocycles. The number of benzene rings is 2. The molecule has 2 unspecified atom stereocenters. The number of carbonyl (C=O) groups is 3. The van der Waals surface area contributed by atoms with Crippen molar-refractivity contribution in [3.8, 4) is 10.4 Å². The summed E-state index contributed by atoms with van der Waals surface area (Å²) in [4.78, 5) is 63.8. The van der Waals surface area contributed by atoms with Gasteiger partial charge in [0.05, 0.1) is 56.8 Å². The number of piperidine rings is 1. The zero-order valence-corrected chi connectivity index (χ0v) is 64.4. The van der Waals surface area contributed by atoms with Crippen molar-refractivity contribution in [2.45, 2.75) is 234 Å². The number of unbranched alkanes of at least 4 members (excludes halogenated alkanes) is 10. The standard InChI is InChI=1S/C80H114N14O6S2/c1-52(70(81)89-75-86-62-28-23-24-29-64(62)102-75)59-27-26-38-92(71(59)82)65-36-35-60(67(87-65)73(98)90(10)11)61-42-84-94(55(61)4)50-79-45-77(8)44-78(9,46-79)48-80(47-77,49-79)100-40-39-91(12)37-25-21-19-17-15-13-14-16-18-20-22-30-66(96)88-69(76(5,6)7)74(99)93-43-58(95)41-63(93)72(97)85-53(2)56-31-33-57(34-32-56)68-54(3)83-51-101-68/h23-24,28-29,31-36,42,51,53,58,63,69,82,87,95,98H,13-22,25-27,30,37-41,43-50H2,1-12H3,(H,85,97)(H,88,96)(H2,81,86,89)/b59-52-,73-67+,82-71?/t53-,58+,63-,69+,77?,78?,79?,80?/m0/s1. The Morgan fingerprint density at radius 1 is 0.892 bits per heavy atom. The van der Waals surface area contributed by atoms with Gasteiger partial charge in [0.2, 0.25) is 28.7 Å². The minimum absolute atomic E-state index is 0.0400. The highest BCUT2D eigenvalue weighted by Crippen LogP contribution is 2.72. The molecular weight excluding hydrogens is 1320 g/mol. The maximum absolute atomic E-state index is 14.2. The van der Waals surface area contributed by atoms with Crippen molar-refractivity contribution in [1.82, 2.24) is 55.3 Å². The Balaban J connectivity index is 0.583. The number of rotatable bonds is 31. The van der Waals surface area contributed by atoms with Gasteiger partial charge in [0, 0.05) is 75.5 Å². The van der Waals surface area contributed by atoms with E-state index in [1.165, 1.54) is 67.6 Å². The summed E-state index contributed by atoms with van der Waals surface area (Å²) in [7, 11) is 5.92. The second kappa shape index (κ2) is 32.0. The van der Waals surface area contributed by atoms with Gasteiger partial charge in [-0.2, -0.15) is 5.10 Å². The normalized spacial score (nSPS) is 25.2. The second-order valence-electron chi connectivity index (χ2n) is 32.9. The highest BCUT2D eigenvalue weighted by molar-refractivity contribution is 7.22. The number of nitrogens with one attached hydrogen (secondary N) is 4. The van der Waals surface area contributed by atoms with Crippen LogP contribution in [-0.2, 0) is 25.7 Å². The summed E-state index contributed by atoms with van der Waals surface area (Å²) < 4.78 is 10.5. The molecule has 2 saturated heterocycles. The van der Waals surface area contributed by atoms with Crippen LogP contribution >= 0.6 is 22.7 Å². The lowest BCUT2D eigenvalue weighted by molar-refractivity contribution is -0.248. The fourth-order valence-corrected chi connectivity index (χ4v) is 20.0. The summed E-state index contributed by atoms with van der Waals surface area (Å²) in [5, 5.41) is 47.5. The van der Waals surface area contributed by atoms with E-state index >= 15 is 0 Å². The number of likely N-dealkylation sites (N-methyl/N-ethyl adjacent to an activating group) is 1. The predicted molar refractivity (Wildman–Crippen MR) is 411 cm³/mol. The first kappa shape index (κ1) is 75.9. The number of hydrogen-bond donors (Lipinski definition) is 7. The topological polar surface area (TPSA) is 256 Å². The van der Waals surface area contributed by atoms with Crippen LogP contribution < -0.4 is 21.7 Å². The number of aromatic nitrogens is 4. The molecule has 5 aromatic rings. The lowest BCUT2D eigenvalue weighted by atomic mass is 9.39. The number of ether oxygens (including phenoxy) is 1. The van der Waals surface area contributed by atoms with Gasteiger partial charge in [0.1, 0.15) is 35.3 Å². The number of thiazole rings is 2. The Kier molecular flexibility index (Phi) is 23.8.